The summed E-state index contributed by atoms with van der Waals surface area (Å²) in [5, 5.41) is 0.587. The minimum absolute atomic E-state index is 0. The zero-order valence-corrected chi connectivity index (χ0v) is 10.4. The van der Waals surface area contributed by atoms with Gasteiger partial charge in [0, 0.05) is 6.20 Å². The summed E-state index contributed by atoms with van der Waals surface area (Å²) >= 11 is 5.78. The molecule has 0 saturated heterocycles. The molecule has 0 amide bonds. The van der Waals surface area contributed by atoms with Crippen molar-refractivity contribution in [2.24, 2.45) is 5.73 Å². The van der Waals surface area contributed by atoms with Gasteiger partial charge >= 0.3 is 0 Å². The standard InChI is InChI=1S/C11H17ClN2.ClH/c12-11-9-10(6-8-14-11)5-3-1-2-4-7-13;/h6,8-9H,1-5,7,13H2;1H. The van der Waals surface area contributed by atoms with E-state index in [0.29, 0.717) is 5.15 Å². The maximum Gasteiger partial charge on any atom is 0.129 e. The smallest absolute Gasteiger partial charge is 0.129 e. The molecule has 0 radical (unpaired) electrons. The van der Waals surface area contributed by atoms with Gasteiger partial charge in [0.1, 0.15) is 5.15 Å². The van der Waals surface area contributed by atoms with Crippen molar-refractivity contribution in [3.05, 3.63) is 29.0 Å². The monoisotopic (exact) mass is 248 g/mol. The first-order valence-corrected chi connectivity index (χ1v) is 5.51. The minimum Gasteiger partial charge on any atom is -0.330 e. The van der Waals surface area contributed by atoms with E-state index >= 15 is 0 Å². The Hall–Kier alpha value is -0.310. The highest BCUT2D eigenvalue weighted by atomic mass is 35.5. The second-order valence-electron chi connectivity index (χ2n) is 3.44. The number of aryl methyl sites for hydroxylation is 1. The first kappa shape index (κ1) is 14.7. The van der Waals surface area contributed by atoms with Crippen molar-refractivity contribution in [2.75, 3.05) is 6.54 Å². The molecule has 86 valence electrons. The van der Waals surface area contributed by atoms with Gasteiger partial charge in [0.2, 0.25) is 0 Å². The molecule has 4 heteroatoms. The lowest BCUT2D eigenvalue weighted by molar-refractivity contribution is 0.646. The maximum absolute atomic E-state index is 5.78. The molecule has 0 saturated carbocycles. The van der Waals surface area contributed by atoms with E-state index in [1.807, 2.05) is 12.1 Å². The molecule has 2 N–H and O–H groups in total. The van der Waals surface area contributed by atoms with Gasteiger partial charge in [-0.3, -0.25) is 0 Å². The third-order valence-electron chi connectivity index (χ3n) is 2.21. The Bertz CT molecular complexity index is 267. The van der Waals surface area contributed by atoms with E-state index in [1.54, 1.807) is 6.20 Å². The second kappa shape index (κ2) is 8.96. The van der Waals surface area contributed by atoms with Crippen LogP contribution in [0.4, 0.5) is 0 Å². The summed E-state index contributed by atoms with van der Waals surface area (Å²) in [4.78, 5) is 3.95. The molecule has 0 aliphatic rings. The van der Waals surface area contributed by atoms with Gasteiger partial charge in [0.25, 0.3) is 0 Å². The topological polar surface area (TPSA) is 38.9 Å². The number of hydrogen-bond donors (Lipinski definition) is 1. The Morgan fingerprint density at radius 1 is 1.20 bits per heavy atom. The van der Waals surface area contributed by atoms with Crippen molar-refractivity contribution in [3.63, 3.8) is 0 Å². The lowest BCUT2D eigenvalue weighted by Crippen LogP contribution is -1.97. The molecule has 0 spiro atoms. The molecule has 1 aromatic heterocycles. The SMILES string of the molecule is Cl.NCCCCCCc1ccnc(Cl)c1. The summed E-state index contributed by atoms with van der Waals surface area (Å²) in [5.74, 6) is 0. The fourth-order valence-electron chi connectivity index (χ4n) is 1.43. The van der Waals surface area contributed by atoms with Crippen molar-refractivity contribution >= 4 is 24.0 Å². The quantitative estimate of drug-likeness (QED) is 0.621. The highest BCUT2D eigenvalue weighted by molar-refractivity contribution is 6.29. The van der Waals surface area contributed by atoms with Gasteiger partial charge < -0.3 is 5.73 Å². The van der Waals surface area contributed by atoms with E-state index in [9.17, 15) is 0 Å². The molecule has 0 fully saturated rings. The Labute approximate surface area is 103 Å². The van der Waals surface area contributed by atoms with Crippen LogP contribution in [0.25, 0.3) is 0 Å². The van der Waals surface area contributed by atoms with Crippen LogP contribution < -0.4 is 5.73 Å². The van der Waals surface area contributed by atoms with Gasteiger partial charge in [-0.15, -0.1) is 12.4 Å². The number of hydrogen-bond acceptors (Lipinski definition) is 2. The summed E-state index contributed by atoms with van der Waals surface area (Å²) < 4.78 is 0. The fraction of sp³-hybridized carbons (Fsp3) is 0.545. The average molecular weight is 249 g/mol. The van der Waals surface area contributed by atoms with Crippen LogP contribution in [-0.2, 0) is 6.42 Å². The summed E-state index contributed by atoms with van der Waals surface area (Å²) in [5.41, 5.74) is 6.69. The molecule has 0 aliphatic heterocycles. The number of halogens is 2. The van der Waals surface area contributed by atoms with E-state index in [4.69, 9.17) is 17.3 Å². The van der Waals surface area contributed by atoms with E-state index in [1.165, 1.54) is 24.8 Å². The second-order valence-corrected chi connectivity index (χ2v) is 3.83. The molecular formula is C11H18Cl2N2. The van der Waals surface area contributed by atoms with Crippen LogP contribution in [0.5, 0.6) is 0 Å². The molecule has 1 rings (SSSR count). The molecule has 1 heterocycles. The van der Waals surface area contributed by atoms with Crippen molar-refractivity contribution in [1.29, 1.82) is 0 Å². The third-order valence-corrected chi connectivity index (χ3v) is 2.42. The molecule has 0 aromatic carbocycles. The van der Waals surface area contributed by atoms with Gasteiger partial charge in [0.15, 0.2) is 0 Å². The van der Waals surface area contributed by atoms with Crippen molar-refractivity contribution in [2.45, 2.75) is 32.1 Å². The van der Waals surface area contributed by atoms with Gasteiger partial charge in [-0.05, 0) is 43.5 Å². The Morgan fingerprint density at radius 3 is 2.60 bits per heavy atom. The molecule has 0 bridgehead atoms. The third kappa shape index (κ3) is 6.72. The zero-order valence-electron chi connectivity index (χ0n) is 8.79. The molecule has 2 nitrogen and oxygen atoms in total. The van der Waals surface area contributed by atoms with E-state index in [0.717, 1.165) is 19.4 Å². The first-order chi connectivity index (χ1) is 6.83. The van der Waals surface area contributed by atoms with Crippen molar-refractivity contribution in [3.8, 4) is 0 Å². The normalized spacial score (nSPS) is 9.73. The molecular weight excluding hydrogens is 231 g/mol. The van der Waals surface area contributed by atoms with Crippen LogP contribution in [0.1, 0.15) is 31.2 Å². The number of nitrogens with zero attached hydrogens (tertiary/aromatic N) is 1. The molecule has 0 atom stereocenters. The van der Waals surface area contributed by atoms with Crippen LogP contribution in [0.2, 0.25) is 5.15 Å². The predicted molar refractivity (Wildman–Crippen MR) is 67.7 cm³/mol. The largest absolute Gasteiger partial charge is 0.330 e. The highest BCUT2D eigenvalue weighted by Gasteiger charge is 1.95. The zero-order chi connectivity index (χ0) is 10.2. The van der Waals surface area contributed by atoms with Crippen molar-refractivity contribution in [1.82, 2.24) is 4.98 Å². The van der Waals surface area contributed by atoms with Gasteiger partial charge in [-0.2, -0.15) is 0 Å². The lowest BCUT2D eigenvalue weighted by atomic mass is 10.1. The van der Waals surface area contributed by atoms with Crippen LogP contribution in [0.3, 0.4) is 0 Å². The summed E-state index contributed by atoms with van der Waals surface area (Å²) in [6.45, 7) is 0.807. The highest BCUT2D eigenvalue weighted by Crippen LogP contribution is 2.11. The molecule has 0 unspecified atom stereocenters. The van der Waals surface area contributed by atoms with E-state index in [-0.39, 0.29) is 12.4 Å². The Balaban J connectivity index is 0.00000196. The lowest BCUT2D eigenvalue weighted by Gasteiger charge is -2.01. The van der Waals surface area contributed by atoms with E-state index in [2.05, 4.69) is 4.98 Å². The number of nitrogens with two attached hydrogens (primary N) is 1. The minimum atomic E-state index is 0. The van der Waals surface area contributed by atoms with Crippen LogP contribution in [0.15, 0.2) is 18.3 Å². The van der Waals surface area contributed by atoms with Gasteiger partial charge in [-0.25, -0.2) is 4.98 Å². The number of aromatic nitrogens is 1. The molecule has 0 aliphatic carbocycles. The number of pyridine rings is 1. The average Bonchev–Trinajstić information content (AvgIpc) is 2.18. The van der Waals surface area contributed by atoms with Gasteiger partial charge in [0.05, 0.1) is 0 Å². The van der Waals surface area contributed by atoms with Crippen LogP contribution in [0, 0.1) is 0 Å². The molecule has 15 heavy (non-hydrogen) atoms. The Kier molecular flexibility index (Phi) is 8.77. The van der Waals surface area contributed by atoms with E-state index < -0.39 is 0 Å². The Morgan fingerprint density at radius 2 is 1.93 bits per heavy atom. The van der Waals surface area contributed by atoms with Crippen LogP contribution >= 0.6 is 24.0 Å². The predicted octanol–water partition coefficient (Wildman–Crippen LogP) is 3.22. The van der Waals surface area contributed by atoms with Crippen molar-refractivity contribution < 1.29 is 0 Å². The number of unbranched alkanes of at least 4 members (excludes halogenated alkanes) is 3. The summed E-state index contributed by atoms with van der Waals surface area (Å²) in [6, 6.07) is 3.96. The summed E-state index contributed by atoms with van der Waals surface area (Å²) in [6.07, 6.45) is 7.67. The summed E-state index contributed by atoms with van der Waals surface area (Å²) in [7, 11) is 0. The first-order valence-electron chi connectivity index (χ1n) is 5.13. The van der Waals surface area contributed by atoms with Crippen LogP contribution in [-0.4, -0.2) is 11.5 Å². The maximum atomic E-state index is 5.78. The number of rotatable bonds is 6. The van der Waals surface area contributed by atoms with Gasteiger partial charge in [-0.1, -0.05) is 24.4 Å². The fourth-order valence-corrected chi connectivity index (χ4v) is 1.62. The molecule has 1 aromatic rings.